The number of hydrogen-bond donors (Lipinski definition) is 1. The standard InChI is InChI=1S/C9H18O2/c10-7-8-11-9-5-3-1-2-4-6-9/h9-10H,1-8H2. The van der Waals surface area contributed by atoms with Gasteiger partial charge in [0.1, 0.15) is 0 Å². The number of ether oxygens (including phenoxy) is 1. The summed E-state index contributed by atoms with van der Waals surface area (Å²) in [5, 5.41) is 8.54. The highest BCUT2D eigenvalue weighted by atomic mass is 16.5. The highest BCUT2D eigenvalue weighted by molar-refractivity contribution is 4.63. The van der Waals surface area contributed by atoms with Gasteiger partial charge in [0.2, 0.25) is 0 Å². The highest BCUT2D eigenvalue weighted by Crippen LogP contribution is 2.19. The zero-order valence-corrected chi connectivity index (χ0v) is 7.09. The summed E-state index contributed by atoms with van der Waals surface area (Å²) < 4.78 is 5.46. The number of aliphatic hydroxyl groups is 1. The lowest BCUT2D eigenvalue weighted by atomic mass is 10.1. The molecule has 1 fully saturated rings. The van der Waals surface area contributed by atoms with Gasteiger partial charge in [-0.15, -0.1) is 0 Å². The van der Waals surface area contributed by atoms with Crippen LogP contribution in [0.1, 0.15) is 38.5 Å². The summed E-state index contributed by atoms with van der Waals surface area (Å²) in [5.74, 6) is 0. The van der Waals surface area contributed by atoms with Gasteiger partial charge in [-0.2, -0.15) is 0 Å². The summed E-state index contributed by atoms with van der Waals surface area (Å²) in [6, 6.07) is 0. The largest absolute Gasteiger partial charge is 0.394 e. The van der Waals surface area contributed by atoms with E-state index in [1.165, 1.54) is 38.5 Å². The molecule has 0 aliphatic heterocycles. The van der Waals surface area contributed by atoms with Crippen LogP contribution in [-0.2, 0) is 4.74 Å². The SMILES string of the molecule is OCCOC1CCCCCC1. The van der Waals surface area contributed by atoms with Gasteiger partial charge in [-0.1, -0.05) is 25.7 Å². The van der Waals surface area contributed by atoms with E-state index in [9.17, 15) is 0 Å². The van der Waals surface area contributed by atoms with Crippen molar-refractivity contribution in [3.63, 3.8) is 0 Å². The van der Waals surface area contributed by atoms with Gasteiger partial charge in [0, 0.05) is 0 Å². The van der Waals surface area contributed by atoms with Gasteiger partial charge < -0.3 is 9.84 Å². The maximum Gasteiger partial charge on any atom is 0.0701 e. The molecule has 0 radical (unpaired) electrons. The Hall–Kier alpha value is -0.0800. The first-order chi connectivity index (χ1) is 5.43. The van der Waals surface area contributed by atoms with Crippen molar-refractivity contribution in [3.05, 3.63) is 0 Å². The van der Waals surface area contributed by atoms with E-state index in [1.807, 2.05) is 0 Å². The Labute approximate surface area is 68.6 Å². The maximum absolute atomic E-state index is 8.54. The third-order valence-corrected chi connectivity index (χ3v) is 2.25. The summed E-state index contributed by atoms with van der Waals surface area (Å²) in [5.41, 5.74) is 0. The average molecular weight is 158 g/mol. The molecule has 0 atom stereocenters. The van der Waals surface area contributed by atoms with E-state index < -0.39 is 0 Å². The maximum atomic E-state index is 8.54. The quantitative estimate of drug-likeness (QED) is 0.634. The second-order valence-corrected chi connectivity index (χ2v) is 3.21. The Bertz CT molecular complexity index is 85.6. The van der Waals surface area contributed by atoms with E-state index in [0.717, 1.165) is 0 Å². The summed E-state index contributed by atoms with van der Waals surface area (Å²) in [6.45, 7) is 0.682. The van der Waals surface area contributed by atoms with Crippen LogP contribution in [0.15, 0.2) is 0 Å². The van der Waals surface area contributed by atoms with Crippen LogP contribution in [0.4, 0.5) is 0 Å². The first kappa shape index (κ1) is 9.01. The second kappa shape index (κ2) is 5.56. The van der Waals surface area contributed by atoms with Crippen molar-refractivity contribution in [2.24, 2.45) is 0 Å². The Morgan fingerprint density at radius 3 is 2.27 bits per heavy atom. The van der Waals surface area contributed by atoms with Gasteiger partial charge in [0.15, 0.2) is 0 Å². The smallest absolute Gasteiger partial charge is 0.0701 e. The topological polar surface area (TPSA) is 29.5 Å². The van der Waals surface area contributed by atoms with Crippen LogP contribution in [0.2, 0.25) is 0 Å². The second-order valence-electron chi connectivity index (χ2n) is 3.21. The molecule has 11 heavy (non-hydrogen) atoms. The molecule has 0 bridgehead atoms. The predicted octanol–water partition coefficient (Wildman–Crippen LogP) is 1.72. The van der Waals surface area contributed by atoms with Crippen molar-refractivity contribution < 1.29 is 9.84 Å². The van der Waals surface area contributed by atoms with Gasteiger partial charge in [-0.05, 0) is 12.8 Å². The molecular weight excluding hydrogens is 140 g/mol. The zero-order chi connectivity index (χ0) is 7.94. The van der Waals surface area contributed by atoms with Crippen molar-refractivity contribution >= 4 is 0 Å². The van der Waals surface area contributed by atoms with Gasteiger partial charge in [0.05, 0.1) is 19.3 Å². The zero-order valence-electron chi connectivity index (χ0n) is 7.09. The van der Waals surface area contributed by atoms with Crippen LogP contribution in [0.5, 0.6) is 0 Å². The van der Waals surface area contributed by atoms with Crippen LogP contribution in [-0.4, -0.2) is 24.4 Å². The minimum atomic E-state index is 0.163. The fourth-order valence-electron chi connectivity index (χ4n) is 1.63. The van der Waals surface area contributed by atoms with Crippen LogP contribution in [0.3, 0.4) is 0 Å². The van der Waals surface area contributed by atoms with E-state index in [1.54, 1.807) is 0 Å². The molecule has 1 N–H and O–H groups in total. The molecule has 0 unspecified atom stereocenters. The van der Waals surface area contributed by atoms with Crippen molar-refractivity contribution in [3.8, 4) is 0 Å². The number of rotatable bonds is 3. The van der Waals surface area contributed by atoms with E-state index >= 15 is 0 Å². The summed E-state index contributed by atoms with van der Waals surface area (Å²) in [4.78, 5) is 0. The van der Waals surface area contributed by atoms with Crippen molar-refractivity contribution in [2.45, 2.75) is 44.6 Å². The molecule has 1 aliphatic rings. The Kier molecular flexibility index (Phi) is 4.55. The van der Waals surface area contributed by atoms with Gasteiger partial charge in [-0.3, -0.25) is 0 Å². The minimum Gasteiger partial charge on any atom is -0.394 e. The Balaban J connectivity index is 2.09. The van der Waals surface area contributed by atoms with Gasteiger partial charge >= 0.3 is 0 Å². The van der Waals surface area contributed by atoms with E-state index in [0.29, 0.717) is 12.7 Å². The molecule has 1 saturated carbocycles. The molecule has 66 valence electrons. The lowest BCUT2D eigenvalue weighted by Crippen LogP contribution is -2.14. The van der Waals surface area contributed by atoms with Crippen LogP contribution in [0, 0.1) is 0 Å². The third-order valence-electron chi connectivity index (χ3n) is 2.25. The molecule has 0 saturated heterocycles. The fourth-order valence-corrected chi connectivity index (χ4v) is 1.63. The number of hydrogen-bond acceptors (Lipinski definition) is 2. The average Bonchev–Trinajstić information content (AvgIpc) is 2.28. The van der Waals surface area contributed by atoms with Crippen molar-refractivity contribution in [1.82, 2.24) is 0 Å². The van der Waals surface area contributed by atoms with E-state index in [4.69, 9.17) is 9.84 Å². The number of aliphatic hydroxyl groups excluding tert-OH is 1. The Morgan fingerprint density at radius 1 is 1.09 bits per heavy atom. The molecule has 0 aromatic rings. The molecular formula is C9H18O2. The Morgan fingerprint density at radius 2 is 1.73 bits per heavy atom. The lowest BCUT2D eigenvalue weighted by Gasteiger charge is -2.13. The van der Waals surface area contributed by atoms with Gasteiger partial charge in [0.25, 0.3) is 0 Å². The normalized spacial score (nSPS) is 21.5. The molecule has 2 heteroatoms. The third kappa shape index (κ3) is 3.73. The molecule has 0 aromatic carbocycles. The fraction of sp³-hybridized carbons (Fsp3) is 1.00. The predicted molar refractivity (Wildman–Crippen MR) is 44.5 cm³/mol. The summed E-state index contributed by atoms with van der Waals surface area (Å²) >= 11 is 0. The van der Waals surface area contributed by atoms with E-state index in [-0.39, 0.29) is 6.61 Å². The first-order valence-electron chi connectivity index (χ1n) is 4.66. The molecule has 2 nitrogen and oxygen atoms in total. The molecule has 1 aliphatic carbocycles. The summed E-state index contributed by atoms with van der Waals surface area (Å²) in [7, 11) is 0. The van der Waals surface area contributed by atoms with Crippen molar-refractivity contribution in [1.29, 1.82) is 0 Å². The van der Waals surface area contributed by atoms with E-state index in [2.05, 4.69) is 0 Å². The van der Waals surface area contributed by atoms with Gasteiger partial charge in [-0.25, -0.2) is 0 Å². The first-order valence-corrected chi connectivity index (χ1v) is 4.66. The van der Waals surface area contributed by atoms with Crippen molar-refractivity contribution in [2.75, 3.05) is 13.2 Å². The highest BCUT2D eigenvalue weighted by Gasteiger charge is 2.11. The molecule has 0 amide bonds. The molecule has 0 heterocycles. The monoisotopic (exact) mass is 158 g/mol. The lowest BCUT2D eigenvalue weighted by molar-refractivity contribution is 0.0208. The summed E-state index contributed by atoms with van der Waals surface area (Å²) in [6.07, 6.45) is 8.15. The molecule has 0 aromatic heterocycles. The van der Waals surface area contributed by atoms with Crippen LogP contribution in [0.25, 0.3) is 0 Å². The molecule has 0 spiro atoms. The van der Waals surface area contributed by atoms with Crippen LogP contribution >= 0.6 is 0 Å². The molecule has 1 rings (SSSR count). The minimum absolute atomic E-state index is 0.163. The van der Waals surface area contributed by atoms with Crippen LogP contribution < -0.4 is 0 Å².